The van der Waals surface area contributed by atoms with Gasteiger partial charge in [-0.3, -0.25) is 0 Å². The Bertz CT molecular complexity index is 309. The van der Waals surface area contributed by atoms with Crippen LogP contribution in [-0.2, 0) is 3.83 Å². The fraction of sp³-hybridized carbons (Fsp3) is 0.125. The summed E-state index contributed by atoms with van der Waals surface area (Å²) in [6.45, 7) is 1.75. The van der Waals surface area contributed by atoms with E-state index in [2.05, 4.69) is 20.1 Å². The molecular formula is C8H7BrO3. The molecule has 0 saturated heterocycles. The van der Waals surface area contributed by atoms with Crippen molar-refractivity contribution in [3.63, 3.8) is 0 Å². The van der Waals surface area contributed by atoms with Crippen molar-refractivity contribution in [1.29, 1.82) is 0 Å². The lowest BCUT2D eigenvalue weighted by molar-refractivity contribution is 0.0781. The zero-order chi connectivity index (χ0) is 9.14. The summed E-state index contributed by atoms with van der Waals surface area (Å²) in [4.78, 5) is 10.9. The van der Waals surface area contributed by atoms with E-state index in [-0.39, 0.29) is 5.75 Å². The smallest absolute Gasteiger partial charge is 0.349 e. The molecule has 0 unspecified atom stereocenters. The van der Waals surface area contributed by atoms with Crippen LogP contribution in [-0.4, -0.2) is 11.1 Å². The van der Waals surface area contributed by atoms with Crippen LogP contribution in [0, 0.1) is 6.92 Å². The first-order valence-corrected chi connectivity index (χ1v) is 3.92. The molecular weight excluding hydrogens is 224 g/mol. The number of phenolic OH excluding ortho intramolecular Hbond substituents is 1. The number of aromatic hydroxyl groups is 1. The van der Waals surface area contributed by atoms with E-state index in [0.717, 1.165) is 5.56 Å². The molecule has 0 heterocycles. The van der Waals surface area contributed by atoms with Crippen molar-refractivity contribution < 1.29 is 13.7 Å². The maximum absolute atomic E-state index is 10.9. The van der Waals surface area contributed by atoms with Gasteiger partial charge in [-0.15, -0.1) is 0 Å². The minimum atomic E-state index is -0.523. The van der Waals surface area contributed by atoms with Gasteiger partial charge in [-0.1, -0.05) is 6.07 Å². The van der Waals surface area contributed by atoms with Crippen LogP contribution in [0.1, 0.15) is 15.9 Å². The van der Waals surface area contributed by atoms with Gasteiger partial charge in [-0.05, 0) is 24.6 Å². The highest BCUT2D eigenvalue weighted by Gasteiger charge is 2.07. The minimum absolute atomic E-state index is 0.0883. The Hall–Kier alpha value is -1.03. The largest absolute Gasteiger partial charge is 0.508 e. The van der Waals surface area contributed by atoms with Crippen LogP contribution in [0.4, 0.5) is 0 Å². The quantitative estimate of drug-likeness (QED) is 0.805. The number of hydrogen-bond donors (Lipinski definition) is 1. The van der Waals surface area contributed by atoms with E-state index >= 15 is 0 Å². The molecule has 0 amide bonds. The molecule has 0 aliphatic carbocycles. The van der Waals surface area contributed by atoms with Crippen LogP contribution in [0.15, 0.2) is 18.2 Å². The summed E-state index contributed by atoms with van der Waals surface area (Å²) in [5.41, 5.74) is 1.04. The lowest BCUT2D eigenvalue weighted by atomic mass is 10.1. The summed E-state index contributed by atoms with van der Waals surface area (Å²) in [5.74, 6) is -0.435. The number of halogens is 1. The third kappa shape index (κ3) is 1.76. The highest BCUT2D eigenvalue weighted by atomic mass is 79.9. The van der Waals surface area contributed by atoms with Crippen LogP contribution in [0.5, 0.6) is 5.75 Å². The Balaban J connectivity index is 3.05. The number of phenols is 1. The predicted molar refractivity (Wildman–Crippen MR) is 47.2 cm³/mol. The van der Waals surface area contributed by atoms with Gasteiger partial charge in [0.1, 0.15) is 5.75 Å². The highest BCUT2D eigenvalue weighted by molar-refractivity contribution is 9.06. The maximum atomic E-state index is 10.9. The third-order valence-electron chi connectivity index (χ3n) is 1.51. The summed E-state index contributed by atoms with van der Waals surface area (Å²) < 4.78 is 4.29. The molecule has 0 aromatic heterocycles. The first-order valence-electron chi connectivity index (χ1n) is 3.27. The van der Waals surface area contributed by atoms with Crippen molar-refractivity contribution in [2.24, 2.45) is 0 Å². The molecule has 1 N–H and O–H groups in total. The standard InChI is InChI=1S/C8H7BrO3/c1-5-2-3-6(4-7(5)10)8(11)12-9/h2-4,10H,1H3. The lowest BCUT2D eigenvalue weighted by Gasteiger charge is -2.00. The molecule has 0 saturated carbocycles. The van der Waals surface area contributed by atoms with Crippen molar-refractivity contribution >= 4 is 22.2 Å². The van der Waals surface area contributed by atoms with Gasteiger partial charge >= 0.3 is 5.97 Å². The number of hydrogen-bond acceptors (Lipinski definition) is 3. The van der Waals surface area contributed by atoms with E-state index in [1.54, 1.807) is 19.1 Å². The topological polar surface area (TPSA) is 46.5 Å². The molecule has 0 bridgehead atoms. The van der Waals surface area contributed by atoms with Gasteiger partial charge in [-0.25, -0.2) is 4.79 Å². The maximum Gasteiger partial charge on any atom is 0.349 e. The second-order valence-electron chi connectivity index (χ2n) is 2.37. The molecule has 1 aromatic rings. The molecule has 64 valence electrons. The fourth-order valence-corrected chi connectivity index (χ4v) is 0.968. The van der Waals surface area contributed by atoms with Crippen LogP contribution >= 0.6 is 16.3 Å². The van der Waals surface area contributed by atoms with Gasteiger partial charge in [0.25, 0.3) is 0 Å². The number of aryl methyl sites for hydroxylation is 1. The van der Waals surface area contributed by atoms with E-state index in [1.807, 2.05) is 0 Å². The normalized spacial score (nSPS) is 9.50. The van der Waals surface area contributed by atoms with Crippen LogP contribution in [0.2, 0.25) is 0 Å². The lowest BCUT2D eigenvalue weighted by Crippen LogP contribution is -1.97. The second kappa shape index (κ2) is 3.58. The van der Waals surface area contributed by atoms with Gasteiger partial charge in [-0.2, -0.15) is 0 Å². The average molecular weight is 231 g/mol. The van der Waals surface area contributed by atoms with Crippen molar-refractivity contribution in [3.8, 4) is 5.75 Å². The summed E-state index contributed by atoms with van der Waals surface area (Å²) in [6, 6.07) is 4.59. The Labute approximate surface area is 78.4 Å². The monoisotopic (exact) mass is 230 g/mol. The molecule has 0 fully saturated rings. The van der Waals surface area contributed by atoms with E-state index in [1.165, 1.54) is 6.07 Å². The number of carbonyl (C=O) groups is 1. The Morgan fingerprint density at radius 1 is 1.58 bits per heavy atom. The molecule has 0 radical (unpaired) electrons. The summed E-state index contributed by atoms with van der Waals surface area (Å²) >= 11 is 2.56. The molecule has 0 spiro atoms. The summed E-state index contributed by atoms with van der Waals surface area (Å²) in [6.07, 6.45) is 0. The predicted octanol–water partition coefficient (Wildman–Crippen LogP) is 2.17. The Morgan fingerprint density at radius 3 is 2.75 bits per heavy atom. The highest BCUT2D eigenvalue weighted by Crippen LogP contribution is 2.18. The molecule has 4 heteroatoms. The molecule has 0 aliphatic rings. The molecule has 0 aliphatic heterocycles. The average Bonchev–Trinajstić information content (AvgIpc) is 2.08. The number of rotatable bonds is 1. The molecule has 1 aromatic carbocycles. The van der Waals surface area contributed by atoms with Crippen LogP contribution in [0.25, 0.3) is 0 Å². The minimum Gasteiger partial charge on any atom is -0.508 e. The van der Waals surface area contributed by atoms with Gasteiger partial charge < -0.3 is 8.93 Å². The van der Waals surface area contributed by atoms with Crippen LogP contribution in [0.3, 0.4) is 0 Å². The molecule has 3 nitrogen and oxygen atoms in total. The van der Waals surface area contributed by atoms with E-state index in [4.69, 9.17) is 0 Å². The Kier molecular flexibility index (Phi) is 2.70. The van der Waals surface area contributed by atoms with Gasteiger partial charge in [0.2, 0.25) is 0 Å². The zero-order valence-corrected chi connectivity index (χ0v) is 7.96. The third-order valence-corrected chi connectivity index (χ3v) is 1.81. The van der Waals surface area contributed by atoms with E-state index in [0.29, 0.717) is 5.56 Å². The van der Waals surface area contributed by atoms with Gasteiger partial charge in [0.15, 0.2) is 16.3 Å². The second-order valence-corrected chi connectivity index (χ2v) is 2.69. The van der Waals surface area contributed by atoms with Crippen molar-refractivity contribution in [1.82, 2.24) is 0 Å². The first-order chi connectivity index (χ1) is 5.65. The van der Waals surface area contributed by atoms with Gasteiger partial charge in [0, 0.05) is 0 Å². The van der Waals surface area contributed by atoms with Crippen molar-refractivity contribution in [2.45, 2.75) is 6.92 Å². The van der Waals surface area contributed by atoms with Crippen LogP contribution < -0.4 is 0 Å². The molecule has 1 rings (SSSR count). The molecule has 0 atom stereocenters. The SMILES string of the molecule is Cc1ccc(C(=O)OBr)cc1O. The van der Waals surface area contributed by atoms with Gasteiger partial charge in [0.05, 0.1) is 5.56 Å². The van der Waals surface area contributed by atoms with E-state index in [9.17, 15) is 9.90 Å². The van der Waals surface area contributed by atoms with Crippen molar-refractivity contribution in [3.05, 3.63) is 29.3 Å². The Morgan fingerprint density at radius 2 is 2.25 bits per heavy atom. The summed E-state index contributed by atoms with van der Waals surface area (Å²) in [7, 11) is 0. The van der Waals surface area contributed by atoms with E-state index < -0.39 is 5.97 Å². The number of carbonyl (C=O) groups excluding carboxylic acids is 1. The van der Waals surface area contributed by atoms with Crippen molar-refractivity contribution in [2.75, 3.05) is 0 Å². The summed E-state index contributed by atoms with van der Waals surface area (Å²) in [5, 5.41) is 9.22. The zero-order valence-electron chi connectivity index (χ0n) is 6.37. The first kappa shape index (κ1) is 9.06. The molecule has 12 heavy (non-hydrogen) atoms. The fourth-order valence-electron chi connectivity index (χ4n) is 0.781. The number of benzene rings is 1.